The number of hydrogen-bond acceptors (Lipinski definition) is 6. The van der Waals surface area contributed by atoms with Crippen LogP contribution in [0.1, 0.15) is 25.3 Å². The normalized spacial score (nSPS) is 11.2. The summed E-state index contributed by atoms with van der Waals surface area (Å²) in [6.07, 6.45) is 3.55. The first-order valence-electron chi connectivity index (χ1n) is 10.1. The van der Waals surface area contributed by atoms with E-state index in [2.05, 4.69) is 22.2 Å². The molecule has 0 saturated heterocycles. The number of amides is 1. The number of fused-ring (bicyclic) bond motifs is 3. The Labute approximate surface area is 188 Å². The zero-order chi connectivity index (χ0) is 21.6. The summed E-state index contributed by atoms with van der Waals surface area (Å²) in [6.45, 7) is 3.29. The van der Waals surface area contributed by atoms with Crippen LogP contribution in [0.3, 0.4) is 0 Å². The zero-order valence-corrected chi connectivity index (χ0v) is 18.7. The molecule has 4 rings (SSSR count). The van der Waals surface area contributed by atoms with E-state index in [1.54, 1.807) is 6.07 Å². The van der Waals surface area contributed by atoms with E-state index in [1.807, 2.05) is 30.3 Å². The topological polar surface area (TPSA) is 64.1 Å². The summed E-state index contributed by atoms with van der Waals surface area (Å²) in [5.41, 5.74) is 1.60. The number of carbonyl (C=O) groups is 1. The number of unbranched alkanes of at least 4 members (excludes halogenated alkanes) is 1. The number of ether oxygens (including phenoxy) is 1. The van der Waals surface area contributed by atoms with Gasteiger partial charge in [0.25, 0.3) is 0 Å². The van der Waals surface area contributed by atoms with Gasteiger partial charge in [0.2, 0.25) is 5.91 Å². The predicted molar refractivity (Wildman–Crippen MR) is 124 cm³/mol. The number of benzene rings is 2. The second kappa shape index (κ2) is 10.1. The lowest BCUT2D eigenvalue weighted by molar-refractivity contribution is -0.118. The van der Waals surface area contributed by atoms with Crippen molar-refractivity contribution >= 4 is 49.3 Å². The number of thioether (sulfide) groups is 1. The number of rotatable bonds is 9. The van der Waals surface area contributed by atoms with E-state index in [1.165, 1.54) is 35.5 Å². The molecule has 2 aromatic heterocycles. The molecule has 160 valence electrons. The molecule has 1 amide bonds. The summed E-state index contributed by atoms with van der Waals surface area (Å²) >= 11 is 2.78. The summed E-state index contributed by atoms with van der Waals surface area (Å²) in [4.78, 5) is 20.9. The average Bonchev–Trinajstić information content (AvgIpc) is 3.18. The Balaban J connectivity index is 1.34. The first-order valence-corrected chi connectivity index (χ1v) is 11.9. The van der Waals surface area contributed by atoms with Gasteiger partial charge in [-0.25, -0.2) is 14.4 Å². The molecule has 2 aromatic carbocycles. The molecule has 0 unspecified atom stereocenters. The van der Waals surface area contributed by atoms with Gasteiger partial charge in [0.1, 0.15) is 22.9 Å². The van der Waals surface area contributed by atoms with Gasteiger partial charge in [-0.3, -0.25) is 4.79 Å². The predicted octanol–water partition coefficient (Wildman–Crippen LogP) is 5.57. The van der Waals surface area contributed by atoms with Gasteiger partial charge in [-0.05, 0) is 36.2 Å². The first kappa shape index (κ1) is 21.5. The highest BCUT2D eigenvalue weighted by Gasteiger charge is 2.15. The molecule has 8 heteroatoms. The van der Waals surface area contributed by atoms with Gasteiger partial charge >= 0.3 is 0 Å². The molecular weight excluding hydrogens is 433 g/mol. The number of carbonyl (C=O) groups excluding carboxylic acids is 1. The summed E-state index contributed by atoms with van der Waals surface area (Å²) < 4.78 is 21.5. The molecule has 0 spiro atoms. The molecule has 0 bridgehead atoms. The third kappa shape index (κ3) is 5.14. The molecule has 2 heterocycles. The lowest BCUT2D eigenvalue weighted by Gasteiger charge is -2.08. The highest BCUT2D eigenvalue weighted by molar-refractivity contribution is 8.00. The highest BCUT2D eigenvalue weighted by Crippen LogP contribution is 2.38. The van der Waals surface area contributed by atoms with E-state index in [9.17, 15) is 9.18 Å². The van der Waals surface area contributed by atoms with Crippen molar-refractivity contribution in [1.82, 2.24) is 15.3 Å². The third-order valence-electron chi connectivity index (χ3n) is 4.71. The second-order valence-electron chi connectivity index (χ2n) is 6.98. The maximum atomic E-state index is 14.2. The highest BCUT2D eigenvalue weighted by atomic mass is 32.2. The summed E-state index contributed by atoms with van der Waals surface area (Å²) in [7, 11) is 0. The van der Waals surface area contributed by atoms with Crippen molar-refractivity contribution in [2.45, 2.75) is 31.3 Å². The van der Waals surface area contributed by atoms with E-state index in [0.29, 0.717) is 29.1 Å². The summed E-state index contributed by atoms with van der Waals surface area (Å²) in [5, 5.41) is 4.13. The molecule has 0 radical (unpaired) electrons. The molecule has 0 aliphatic heterocycles. The molecule has 0 aliphatic rings. The van der Waals surface area contributed by atoms with Crippen LogP contribution in [0.15, 0.2) is 53.8 Å². The third-order valence-corrected chi connectivity index (χ3v) is 6.98. The first-order chi connectivity index (χ1) is 15.2. The van der Waals surface area contributed by atoms with Crippen molar-refractivity contribution < 1.29 is 13.9 Å². The van der Waals surface area contributed by atoms with E-state index < -0.39 is 0 Å². The Bertz CT molecular complexity index is 1190. The minimum atomic E-state index is -0.294. The van der Waals surface area contributed by atoms with Crippen LogP contribution in [0.5, 0.6) is 5.75 Å². The smallest absolute Gasteiger partial charge is 0.230 e. The van der Waals surface area contributed by atoms with Gasteiger partial charge < -0.3 is 10.1 Å². The van der Waals surface area contributed by atoms with Crippen molar-refractivity contribution in [3.05, 3.63) is 60.2 Å². The molecule has 4 aromatic rings. The van der Waals surface area contributed by atoms with Gasteiger partial charge in [-0.15, -0.1) is 11.3 Å². The minimum absolute atomic E-state index is 0.0904. The van der Waals surface area contributed by atoms with Crippen LogP contribution in [0.2, 0.25) is 0 Å². The standard InChI is InChI=1S/C23H22FN3O2S2/c1-2-3-11-29-16-9-7-15(8-10-16)12-25-19(28)13-30-23-22-21(26-14-27-23)20-17(24)5-4-6-18(20)31-22/h4-10,14H,2-3,11-13H2,1H3,(H,25,28). The number of aromatic nitrogens is 2. The number of thiophene rings is 1. The van der Waals surface area contributed by atoms with Crippen molar-refractivity contribution in [3.63, 3.8) is 0 Å². The van der Waals surface area contributed by atoms with Crippen LogP contribution < -0.4 is 10.1 Å². The van der Waals surface area contributed by atoms with Gasteiger partial charge in [0, 0.05) is 11.2 Å². The molecule has 31 heavy (non-hydrogen) atoms. The SMILES string of the molecule is CCCCOc1ccc(CNC(=O)CSc2ncnc3c2sc2cccc(F)c23)cc1. The molecule has 1 N–H and O–H groups in total. The Hall–Kier alpha value is -2.71. The lowest BCUT2D eigenvalue weighted by atomic mass is 10.2. The fraction of sp³-hybridized carbons (Fsp3) is 0.261. The van der Waals surface area contributed by atoms with Crippen molar-refractivity contribution in [3.8, 4) is 5.75 Å². The Morgan fingerprint density at radius 3 is 2.84 bits per heavy atom. The van der Waals surface area contributed by atoms with Crippen LogP contribution in [-0.2, 0) is 11.3 Å². The summed E-state index contributed by atoms with van der Waals surface area (Å²) in [5.74, 6) is 0.679. The second-order valence-corrected chi connectivity index (χ2v) is 9.00. The number of hydrogen-bond donors (Lipinski definition) is 1. The van der Waals surface area contributed by atoms with Crippen LogP contribution in [0, 0.1) is 5.82 Å². The van der Waals surface area contributed by atoms with Crippen molar-refractivity contribution in [1.29, 1.82) is 0 Å². The average molecular weight is 456 g/mol. The van der Waals surface area contributed by atoms with Crippen LogP contribution in [-0.4, -0.2) is 28.2 Å². The molecule has 0 aliphatic carbocycles. The fourth-order valence-electron chi connectivity index (χ4n) is 3.08. The Morgan fingerprint density at radius 2 is 2.03 bits per heavy atom. The maximum Gasteiger partial charge on any atom is 0.230 e. The molecule has 0 saturated carbocycles. The molecule has 5 nitrogen and oxygen atoms in total. The fourth-order valence-corrected chi connectivity index (χ4v) is 5.16. The van der Waals surface area contributed by atoms with Crippen molar-refractivity contribution in [2.24, 2.45) is 0 Å². The van der Waals surface area contributed by atoms with Crippen molar-refractivity contribution in [2.75, 3.05) is 12.4 Å². The van der Waals surface area contributed by atoms with E-state index >= 15 is 0 Å². The van der Waals surface area contributed by atoms with Gasteiger partial charge in [-0.1, -0.05) is 43.3 Å². The maximum absolute atomic E-state index is 14.2. The monoisotopic (exact) mass is 455 g/mol. The molecular formula is C23H22FN3O2S2. The largest absolute Gasteiger partial charge is 0.494 e. The van der Waals surface area contributed by atoms with Gasteiger partial charge in [0.05, 0.1) is 28.0 Å². The number of nitrogens with zero attached hydrogens (tertiary/aromatic N) is 2. The zero-order valence-electron chi connectivity index (χ0n) is 17.1. The minimum Gasteiger partial charge on any atom is -0.494 e. The molecule has 0 fully saturated rings. The van der Waals surface area contributed by atoms with Crippen LogP contribution in [0.25, 0.3) is 20.3 Å². The van der Waals surface area contributed by atoms with Gasteiger partial charge in [-0.2, -0.15) is 0 Å². The Morgan fingerprint density at radius 1 is 1.19 bits per heavy atom. The van der Waals surface area contributed by atoms with E-state index in [4.69, 9.17) is 4.74 Å². The number of nitrogens with one attached hydrogen (secondary N) is 1. The molecule has 0 atom stereocenters. The van der Waals surface area contributed by atoms with Gasteiger partial charge in [0.15, 0.2) is 0 Å². The quantitative estimate of drug-likeness (QED) is 0.203. The lowest BCUT2D eigenvalue weighted by Crippen LogP contribution is -2.24. The number of halogens is 1. The van der Waals surface area contributed by atoms with Crippen LogP contribution in [0.4, 0.5) is 4.39 Å². The van der Waals surface area contributed by atoms with Crippen LogP contribution >= 0.6 is 23.1 Å². The van der Waals surface area contributed by atoms with E-state index in [-0.39, 0.29) is 17.5 Å². The van der Waals surface area contributed by atoms with E-state index in [0.717, 1.165) is 33.6 Å². The Kier molecular flexibility index (Phi) is 6.99. The summed E-state index contributed by atoms with van der Waals surface area (Å²) in [6, 6.07) is 12.7.